The minimum Gasteiger partial charge on any atom is -0.383 e. The number of nitrogens with zero attached hydrogens (tertiary/aromatic N) is 2. The van der Waals surface area contributed by atoms with Crippen molar-refractivity contribution >= 4 is 23.3 Å². The number of H-pyrrole nitrogens is 1. The van der Waals surface area contributed by atoms with Crippen LogP contribution in [0.15, 0.2) is 39.9 Å². The number of rotatable bonds is 11. The molecule has 0 bridgehead atoms. The van der Waals surface area contributed by atoms with Gasteiger partial charge in [0.2, 0.25) is 11.8 Å². The molecule has 2 aromatic rings. The van der Waals surface area contributed by atoms with Crippen molar-refractivity contribution in [2.75, 3.05) is 23.7 Å². The Morgan fingerprint density at radius 1 is 1.13 bits per heavy atom. The van der Waals surface area contributed by atoms with E-state index in [1.807, 2.05) is 44.2 Å². The number of aromatic amines is 1. The Labute approximate surface area is 181 Å². The highest BCUT2D eigenvalue weighted by atomic mass is 16.2. The zero-order valence-corrected chi connectivity index (χ0v) is 18.1. The molecule has 0 saturated heterocycles. The van der Waals surface area contributed by atoms with Crippen molar-refractivity contribution in [3.05, 3.63) is 56.7 Å². The van der Waals surface area contributed by atoms with Crippen molar-refractivity contribution in [3.63, 3.8) is 0 Å². The fraction of sp³-hybridized carbons (Fsp3) is 0.455. The standard InChI is InChI=1S/C22H31N5O4/c1-3-5-14-27-20(23)19(21(30)25-22(27)31)26(13-4-2)18(29)11-12-24-17(28)15-16-9-7-6-8-10-16/h6-10H,3-5,11-15,23H2,1-2H3,(H,24,28)(H,25,30,31). The van der Waals surface area contributed by atoms with Crippen molar-refractivity contribution in [2.24, 2.45) is 0 Å². The van der Waals surface area contributed by atoms with Gasteiger partial charge in [0.25, 0.3) is 5.56 Å². The number of amides is 2. The van der Waals surface area contributed by atoms with Crippen LogP contribution in [0.2, 0.25) is 0 Å². The molecule has 0 atom stereocenters. The van der Waals surface area contributed by atoms with E-state index >= 15 is 0 Å². The topological polar surface area (TPSA) is 130 Å². The molecule has 0 fully saturated rings. The van der Waals surface area contributed by atoms with E-state index in [2.05, 4.69) is 10.3 Å². The summed E-state index contributed by atoms with van der Waals surface area (Å²) in [6.45, 7) is 4.62. The fourth-order valence-corrected chi connectivity index (χ4v) is 3.25. The molecule has 0 saturated carbocycles. The van der Waals surface area contributed by atoms with Crippen molar-refractivity contribution in [1.82, 2.24) is 14.9 Å². The molecule has 4 N–H and O–H groups in total. The lowest BCUT2D eigenvalue weighted by atomic mass is 10.1. The van der Waals surface area contributed by atoms with Gasteiger partial charge in [-0.2, -0.15) is 0 Å². The highest BCUT2D eigenvalue weighted by Crippen LogP contribution is 2.18. The molecule has 0 spiro atoms. The lowest BCUT2D eigenvalue weighted by Gasteiger charge is -2.24. The highest BCUT2D eigenvalue weighted by molar-refractivity contribution is 5.95. The largest absolute Gasteiger partial charge is 0.383 e. The Bertz CT molecular complexity index is 997. The maximum absolute atomic E-state index is 12.9. The molecule has 2 rings (SSSR count). The van der Waals surface area contributed by atoms with Crippen LogP contribution in [0.3, 0.4) is 0 Å². The molecule has 0 aliphatic heterocycles. The molecule has 1 aromatic heterocycles. The van der Waals surface area contributed by atoms with E-state index in [4.69, 9.17) is 5.73 Å². The molecule has 0 aliphatic rings. The third-order valence-electron chi connectivity index (χ3n) is 4.84. The minimum absolute atomic E-state index is 0.00744. The van der Waals surface area contributed by atoms with Crippen LogP contribution in [0, 0.1) is 0 Å². The van der Waals surface area contributed by atoms with Gasteiger partial charge in [0.15, 0.2) is 5.69 Å². The van der Waals surface area contributed by atoms with E-state index < -0.39 is 11.2 Å². The van der Waals surface area contributed by atoms with Crippen molar-refractivity contribution in [2.45, 2.75) is 52.5 Å². The quantitative estimate of drug-likeness (QED) is 0.497. The predicted molar refractivity (Wildman–Crippen MR) is 121 cm³/mol. The van der Waals surface area contributed by atoms with Gasteiger partial charge in [-0.15, -0.1) is 0 Å². The third-order valence-corrected chi connectivity index (χ3v) is 4.84. The third kappa shape index (κ3) is 6.56. The van der Waals surface area contributed by atoms with Crippen molar-refractivity contribution < 1.29 is 9.59 Å². The summed E-state index contributed by atoms with van der Waals surface area (Å²) in [5, 5.41) is 2.73. The van der Waals surface area contributed by atoms with Crippen LogP contribution in [0.5, 0.6) is 0 Å². The first kappa shape index (κ1) is 23.9. The van der Waals surface area contributed by atoms with Gasteiger partial charge in [-0.3, -0.25) is 23.9 Å². The van der Waals surface area contributed by atoms with E-state index in [0.717, 1.165) is 12.0 Å². The molecule has 1 heterocycles. The summed E-state index contributed by atoms with van der Waals surface area (Å²) in [5.74, 6) is -0.552. The molecule has 9 nitrogen and oxygen atoms in total. The van der Waals surface area contributed by atoms with E-state index in [1.165, 1.54) is 9.47 Å². The molecule has 1 aromatic carbocycles. The second-order valence-corrected chi connectivity index (χ2v) is 7.31. The molecule has 0 radical (unpaired) electrons. The van der Waals surface area contributed by atoms with E-state index in [0.29, 0.717) is 19.4 Å². The molecular formula is C22H31N5O4. The van der Waals surface area contributed by atoms with Gasteiger partial charge in [-0.25, -0.2) is 4.79 Å². The van der Waals surface area contributed by atoms with Crippen LogP contribution in [0.25, 0.3) is 0 Å². The first-order chi connectivity index (χ1) is 14.9. The summed E-state index contributed by atoms with van der Waals surface area (Å²) >= 11 is 0. The normalized spacial score (nSPS) is 10.6. The van der Waals surface area contributed by atoms with Crippen LogP contribution in [0.1, 0.15) is 45.1 Å². The molecule has 31 heavy (non-hydrogen) atoms. The lowest BCUT2D eigenvalue weighted by molar-refractivity contribution is -0.121. The van der Waals surface area contributed by atoms with Gasteiger partial charge in [0, 0.05) is 26.1 Å². The van der Waals surface area contributed by atoms with Crippen LogP contribution in [-0.4, -0.2) is 34.5 Å². The van der Waals surface area contributed by atoms with Crippen LogP contribution < -0.4 is 27.2 Å². The number of anilines is 2. The zero-order valence-electron chi connectivity index (χ0n) is 18.1. The number of carbonyl (C=O) groups is 2. The fourth-order valence-electron chi connectivity index (χ4n) is 3.25. The molecular weight excluding hydrogens is 398 g/mol. The van der Waals surface area contributed by atoms with Crippen LogP contribution >= 0.6 is 0 Å². The summed E-state index contributed by atoms with van der Waals surface area (Å²) < 4.78 is 1.29. The molecule has 0 unspecified atom stereocenters. The number of unbranched alkanes of at least 4 members (excludes halogenated alkanes) is 1. The second-order valence-electron chi connectivity index (χ2n) is 7.31. The van der Waals surface area contributed by atoms with Crippen LogP contribution in [-0.2, 0) is 22.6 Å². The maximum Gasteiger partial charge on any atom is 0.330 e. The van der Waals surface area contributed by atoms with Gasteiger partial charge in [-0.1, -0.05) is 50.6 Å². The zero-order chi connectivity index (χ0) is 22.8. The Morgan fingerprint density at radius 2 is 1.84 bits per heavy atom. The number of nitrogen functional groups attached to an aromatic ring is 1. The van der Waals surface area contributed by atoms with E-state index in [1.54, 1.807) is 0 Å². The number of carbonyl (C=O) groups excluding carboxylic acids is 2. The SMILES string of the molecule is CCCCn1c(N)c(N(CCC)C(=O)CCNC(=O)Cc2ccccc2)c(=O)[nH]c1=O. The summed E-state index contributed by atoms with van der Waals surface area (Å²) in [4.78, 5) is 53.2. The minimum atomic E-state index is -0.690. The second kappa shape index (κ2) is 11.7. The average Bonchev–Trinajstić information content (AvgIpc) is 2.73. The number of hydrogen-bond donors (Lipinski definition) is 3. The molecule has 9 heteroatoms. The molecule has 0 aliphatic carbocycles. The monoisotopic (exact) mass is 429 g/mol. The number of aromatic nitrogens is 2. The molecule has 168 valence electrons. The first-order valence-electron chi connectivity index (χ1n) is 10.6. The number of nitrogens with one attached hydrogen (secondary N) is 2. The van der Waals surface area contributed by atoms with Gasteiger partial charge in [0.1, 0.15) is 5.82 Å². The van der Waals surface area contributed by atoms with Gasteiger partial charge in [-0.05, 0) is 18.4 Å². The average molecular weight is 430 g/mol. The number of nitrogens with two attached hydrogens (primary N) is 1. The summed E-state index contributed by atoms with van der Waals surface area (Å²) in [6, 6.07) is 9.31. The summed E-state index contributed by atoms with van der Waals surface area (Å²) in [7, 11) is 0. The summed E-state index contributed by atoms with van der Waals surface area (Å²) in [6.07, 6.45) is 2.39. The Balaban J connectivity index is 2.11. The smallest absolute Gasteiger partial charge is 0.330 e. The Hall–Kier alpha value is -3.36. The summed E-state index contributed by atoms with van der Waals surface area (Å²) in [5.41, 5.74) is 5.73. The van der Waals surface area contributed by atoms with Gasteiger partial charge in [0.05, 0.1) is 6.42 Å². The van der Waals surface area contributed by atoms with Crippen LogP contribution in [0.4, 0.5) is 11.5 Å². The maximum atomic E-state index is 12.9. The first-order valence-corrected chi connectivity index (χ1v) is 10.6. The molecule has 2 amide bonds. The van der Waals surface area contributed by atoms with Crippen molar-refractivity contribution in [3.8, 4) is 0 Å². The van der Waals surface area contributed by atoms with Crippen molar-refractivity contribution in [1.29, 1.82) is 0 Å². The van der Waals surface area contributed by atoms with E-state index in [-0.39, 0.29) is 49.3 Å². The Morgan fingerprint density at radius 3 is 2.48 bits per heavy atom. The highest BCUT2D eigenvalue weighted by Gasteiger charge is 2.23. The predicted octanol–water partition coefficient (Wildman–Crippen LogP) is 1.41. The lowest BCUT2D eigenvalue weighted by Crippen LogP contribution is -2.42. The van der Waals surface area contributed by atoms with Gasteiger partial charge >= 0.3 is 5.69 Å². The number of benzene rings is 1. The number of hydrogen-bond acceptors (Lipinski definition) is 5. The van der Waals surface area contributed by atoms with Gasteiger partial charge < -0.3 is 16.0 Å². The van der Waals surface area contributed by atoms with E-state index in [9.17, 15) is 19.2 Å². The Kier molecular flexibility index (Phi) is 9.05.